The van der Waals surface area contributed by atoms with Crippen LogP contribution in [0.3, 0.4) is 0 Å². The van der Waals surface area contributed by atoms with Gasteiger partial charge in [-0.2, -0.15) is 0 Å². The van der Waals surface area contributed by atoms with Crippen molar-refractivity contribution in [3.63, 3.8) is 0 Å². The van der Waals surface area contributed by atoms with Gasteiger partial charge in [-0.25, -0.2) is 14.4 Å². The summed E-state index contributed by atoms with van der Waals surface area (Å²) < 4.78 is 13.8. The van der Waals surface area contributed by atoms with E-state index < -0.39 is 0 Å². The number of benzene rings is 2. The SMILES string of the molecule is Cc1cccc(CNc2cc(Nc3ccccc3F)nc(C)n2)c1. The highest BCUT2D eigenvalue weighted by Crippen LogP contribution is 2.20. The molecule has 0 saturated heterocycles. The number of halogens is 1. The molecule has 3 aromatic rings. The van der Waals surface area contributed by atoms with E-state index in [0.29, 0.717) is 29.7 Å². The van der Waals surface area contributed by atoms with Crippen molar-refractivity contribution in [1.82, 2.24) is 9.97 Å². The van der Waals surface area contributed by atoms with Gasteiger partial charge in [0, 0.05) is 12.6 Å². The Morgan fingerprint density at radius 2 is 1.71 bits per heavy atom. The molecule has 24 heavy (non-hydrogen) atoms. The van der Waals surface area contributed by atoms with Gasteiger partial charge in [-0.3, -0.25) is 0 Å². The summed E-state index contributed by atoms with van der Waals surface area (Å²) in [6.45, 7) is 4.54. The summed E-state index contributed by atoms with van der Waals surface area (Å²) >= 11 is 0. The van der Waals surface area contributed by atoms with Crippen molar-refractivity contribution in [3.05, 3.63) is 77.4 Å². The van der Waals surface area contributed by atoms with Crippen LogP contribution in [0, 0.1) is 19.7 Å². The monoisotopic (exact) mass is 322 g/mol. The molecular weight excluding hydrogens is 303 g/mol. The number of anilines is 3. The predicted molar refractivity (Wildman–Crippen MR) is 95.0 cm³/mol. The number of nitrogens with one attached hydrogen (secondary N) is 2. The van der Waals surface area contributed by atoms with Crippen molar-refractivity contribution in [2.75, 3.05) is 10.6 Å². The summed E-state index contributed by atoms with van der Waals surface area (Å²) in [4.78, 5) is 8.69. The number of para-hydroxylation sites is 1. The van der Waals surface area contributed by atoms with Crippen LogP contribution in [0.1, 0.15) is 17.0 Å². The predicted octanol–water partition coefficient (Wildman–Crippen LogP) is 4.59. The van der Waals surface area contributed by atoms with Crippen LogP contribution in [-0.2, 0) is 6.54 Å². The first-order valence-electron chi connectivity index (χ1n) is 7.77. The Morgan fingerprint density at radius 1 is 0.917 bits per heavy atom. The van der Waals surface area contributed by atoms with Crippen LogP contribution in [-0.4, -0.2) is 9.97 Å². The van der Waals surface area contributed by atoms with Crippen molar-refractivity contribution in [2.45, 2.75) is 20.4 Å². The van der Waals surface area contributed by atoms with Gasteiger partial charge in [0.25, 0.3) is 0 Å². The highest BCUT2D eigenvalue weighted by molar-refractivity contribution is 5.59. The van der Waals surface area contributed by atoms with Crippen LogP contribution < -0.4 is 10.6 Å². The molecule has 122 valence electrons. The zero-order chi connectivity index (χ0) is 16.9. The second-order valence-corrected chi connectivity index (χ2v) is 5.63. The Bertz CT molecular complexity index is 848. The highest BCUT2D eigenvalue weighted by Gasteiger charge is 2.05. The fraction of sp³-hybridized carbons (Fsp3) is 0.158. The fourth-order valence-corrected chi connectivity index (χ4v) is 2.44. The molecule has 3 rings (SSSR count). The van der Waals surface area contributed by atoms with Gasteiger partial charge in [0.05, 0.1) is 5.69 Å². The van der Waals surface area contributed by atoms with Gasteiger partial charge in [-0.05, 0) is 31.5 Å². The summed E-state index contributed by atoms with van der Waals surface area (Å²) in [5.41, 5.74) is 2.78. The van der Waals surface area contributed by atoms with E-state index in [1.165, 1.54) is 17.2 Å². The van der Waals surface area contributed by atoms with Crippen molar-refractivity contribution in [1.29, 1.82) is 0 Å². The third kappa shape index (κ3) is 4.07. The molecule has 5 heteroatoms. The lowest BCUT2D eigenvalue weighted by Crippen LogP contribution is -2.05. The number of aromatic nitrogens is 2. The van der Waals surface area contributed by atoms with Gasteiger partial charge in [-0.15, -0.1) is 0 Å². The Hall–Kier alpha value is -2.95. The fourth-order valence-electron chi connectivity index (χ4n) is 2.44. The molecule has 0 radical (unpaired) electrons. The molecule has 0 unspecified atom stereocenters. The Balaban J connectivity index is 1.75. The Kier molecular flexibility index (Phi) is 4.70. The van der Waals surface area contributed by atoms with Crippen LogP contribution in [0.25, 0.3) is 0 Å². The van der Waals surface area contributed by atoms with Crippen LogP contribution in [0.5, 0.6) is 0 Å². The number of nitrogens with zero attached hydrogens (tertiary/aromatic N) is 2. The van der Waals surface area contributed by atoms with Crippen molar-refractivity contribution in [2.24, 2.45) is 0 Å². The normalized spacial score (nSPS) is 10.5. The first-order valence-corrected chi connectivity index (χ1v) is 7.77. The number of hydrogen-bond donors (Lipinski definition) is 2. The van der Waals surface area contributed by atoms with E-state index in [1.54, 1.807) is 24.3 Å². The molecular formula is C19H19FN4. The quantitative estimate of drug-likeness (QED) is 0.721. The van der Waals surface area contributed by atoms with E-state index in [-0.39, 0.29) is 5.82 Å². The lowest BCUT2D eigenvalue weighted by molar-refractivity contribution is 0.632. The average molecular weight is 322 g/mol. The minimum Gasteiger partial charge on any atom is -0.366 e. The highest BCUT2D eigenvalue weighted by atomic mass is 19.1. The van der Waals surface area contributed by atoms with Crippen LogP contribution >= 0.6 is 0 Å². The number of aryl methyl sites for hydroxylation is 2. The summed E-state index contributed by atoms with van der Waals surface area (Å²) in [7, 11) is 0. The van der Waals surface area contributed by atoms with Crippen LogP contribution in [0.2, 0.25) is 0 Å². The zero-order valence-corrected chi connectivity index (χ0v) is 13.7. The molecule has 2 aromatic carbocycles. The van der Waals surface area contributed by atoms with E-state index in [0.717, 1.165) is 0 Å². The molecule has 0 aliphatic heterocycles. The molecule has 0 spiro atoms. The van der Waals surface area contributed by atoms with Crippen LogP contribution in [0.15, 0.2) is 54.6 Å². The van der Waals surface area contributed by atoms with Gasteiger partial charge >= 0.3 is 0 Å². The summed E-state index contributed by atoms with van der Waals surface area (Å²) in [5.74, 6) is 1.55. The molecule has 1 heterocycles. The lowest BCUT2D eigenvalue weighted by Gasteiger charge is -2.11. The van der Waals surface area contributed by atoms with E-state index >= 15 is 0 Å². The standard InChI is InChI=1S/C19H19FN4/c1-13-6-5-7-15(10-13)12-21-18-11-19(23-14(2)22-18)24-17-9-4-3-8-16(17)20/h3-11H,12H2,1-2H3,(H2,21,22,23,24). The molecule has 0 fully saturated rings. The maximum Gasteiger partial charge on any atom is 0.146 e. The maximum atomic E-state index is 13.8. The molecule has 2 N–H and O–H groups in total. The van der Waals surface area contributed by atoms with Crippen molar-refractivity contribution < 1.29 is 4.39 Å². The smallest absolute Gasteiger partial charge is 0.146 e. The minimum atomic E-state index is -0.317. The molecule has 0 aliphatic carbocycles. The topological polar surface area (TPSA) is 49.8 Å². The number of hydrogen-bond acceptors (Lipinski definition) is 4. The second-order valence-electron chi connectivity index (χ2n) is 5.63. The molecule has 0 amide bonds. The first-order chi connectivity index (χ1) is 11.6. The average Bonchev–Trinajstić information content (AvgIpc) is 2.55. The largest absolute Gasteiger partial charge is 0.366 e. The first kappa shape index (κ1) is 15.9. The molecule has 1 aromatic heterocycles. The second kappa shape index (κ2) is 7.08. The molecule has 0 aliphatic rings. The van der Waals surface area contributed by atoms with E-state index in [9.17, 15) is 4.39 Å². The molecule has 4 nitrogen and oxygen atoms in total. The Labute approximate surface area is 140 Å². The van der Waals surface area contributed by atoms with Gasteiger partial charge in [0.1, 0.15) is 23.3 Å². The van der Waals surface area contributed by atoms with E-state index in [1.807, 2.05) is 13.0 Å². The van der Waals surface area contributed by atoms with Gasteiger partial charge in [-0.1, -0.05) is 42.0 Å². The lowest BCUT2D eigenvalue weighted by atomic mass is 10.1. The minimum absolute atomic E-state index is 0.317. The third-order valence-electron chi connectivity index (χ3n) is 3.53. The molecule has 0 saturated carbocycles. The van der Waals surface area contributed by atoms with Crippen LogP contribution in [0.4, 0.5) is 21.7 Å². The third-order valence-corrected chi connectivity index (χ3v) is 3.53. The van der Waals surface area contributed by atoms with Crippen molar-refractivity contribution >= 4 is 17.3 Å². The van der Waals surface area contributed by atoms with Gasteiger partial charge in [0.15, 0.2) is 0 Å². The molecule has 0 bridgehead atoms. The summed E-state index contributed by atoms with van der Waals surface area (Å²) in [5, 5.41) is 6.28. The zero-order valence-electron chi connectivity index (χ0n) is 13.7. The summed E-state index contributed by atoms with van der Waals surface area (Å²) in [6, 6.07) is 16.6. The summed E-state index contributed by atoms with van der Waals surface area (Å²) in [6.07, 6.45) is 0. The maximum absolute atomic E-state index is 13.8. The van der Waals surface area contributed by atoms with E-state index in [2.05, 4.69) is 45.7 Å². The Morgan fingerprint density at radius 3 is 2.50 bits per heavy atom. The van der Waals surface area contributed by atoms with E-state index in [4.69, 9.17) is 0 Å². The number of rotatable bonds is 5. The van der Waals surface area contributed by atoms with Gasteiger partial charge in [0.2, 0.25) is 0 Å². The van der Waals surface area contributed by atoms with Gasteiger partial charge < -0.3 is 10.6 Å². The molecule has 0 atom stereocenters. The van der Waals surface area contributed by atoms with Crippen molar-refractivity contribution in [3.8, 4) is 0 Å².